The monoisotopic (exact) mass is 238 g/mol. The Morgan fingerprint density at radius 3 is 2.64 bits per heavy atom. The molecule has 0 N–H and O–H groups in total. The van der Waals surface area contributed by atoms with Crippen molar-refractivity contribution < 1.29 is 17.5 Å². The van der Waals surface area contributed by atoms with Crippen LogP contribution in [0.3, 0.4) is 0 Å². The highest BCUT2D eigenvalue weighted by Crippen LogP contribution is 2.19. The summed E-state index contributed by atoms with van der Waals surface area (Å²) in [6.45, 7) is 0. The van der Waals surface area contributed by atoms with E-state index in [1.165, 1.54) is 19.2 Å². The Bertz CT molecular complexity index is 430. The van der Waals surface area contributed by atoms with E-state index in [0.29, 0.717) is 5.75 Å². The Kier molecular flexibility index (Phi) is 3.34. The predicted molar refractivity (Wildman–Crippen MR) is 51.4 cm³/mol. The fraction of sp³-hybridized carbons (Fsp3) is 0.250. The molecule has 0 amide bonds. The van der Waals surface area contributed by atoms with Gasteiger partial charge in [-0.25, -0.2) is 12.8 Å². The molecule has 78 valence electrons. The smallest absolute Gasteiger partial charge is 0.236 e. The largest absolute Gasteiger partial charge is 0.497 e. The van der Waals surface area contributed by atoms with E-state index in [0.717, 1.165) is 6.07 Å². The van der Waals surface area contributed by atoms with E-state index in [-0.39, 0.29) is 5.56 Å². The summed E-state index contributed by atoms with van der Waals surface area (Å²) < 4.78 is 39.3. The zero-order valence-electron chi connectivity index (χ0n) is 7.33. The minimum absolute atomic E-state index is 0.000602. The van der Waals surface area contributed by atoms with Crippen LogP contribution in [0.25, 0.3) is 0 Å². The Labute approximate surface area is 85.9 Å². The van der Waals surface area contributed by atoms with Crippen molar-refractivity contribution in [3.05, 3.63) is 29.6 Å². The van der Waals surface area contributed by atoms with Crippen LogP contribution in [0.1, 0.15) is 5.56 Å². The predicted octanol–water partition coefficient (Wildman–Crippen LogP) is 1.90. The molecule has 0 unspecified atom stereocenters. The van der Waals surface area contributed by atoms with Crippen molar-refractivity contribution in [2.75, 3.05) is 7.11 Å². The molecular weight excluding hydrogens is 231 g/mol. The first-order chi connectivity index (χ1) is 6.42. The highest BCUT2D eigenvalue weighted by Gasteiger charge is 2.12. The molecule has 0 aliphatic rings. The number of hydrogen-bond donors (Lipinski definition) is 0. The fourth-order valence-corrected chi connectivity index (χ4v) is 1.92. The molecule has 0 aliphatic carbocycles. The minimum Gasteiger partial charge on any atom is -0.497 e. The van der Waals surface area contributed by atoms with Gasteiger partial charge in [0.25, 0.3) is 0 Å². The number of hydrogen-bond acceptors (Lipinski definition) is 3. The molecule has 0 heterocycles. The molecule has 0 aromatic heterocycles. The van der Waals surface area contributed by atoms with Crippen LogP contribution in [0, 0.1) is 5.82 Å². The lowest BCUT2D eigenvalue weighted by Gasteiger charge is -2.03. The maximum atomic E-state index is 13.1. The second kappa shape index (κ2) is 4.14. The van der Waals surface area contributed by atoms with Gasteiger partial charge in [-0.05, 0) is 18.2 Å². The number of methoxy groups -OCH3 is 1. The second-order valence-electron chi connectivity index (χ2n) is 2.64. The Morgan fingerprint density at radius 1 is 1.50 bits per heavy atom. The van der Waals surface area contributed by atoms with Crippen LogP contribution >= 0.6 is 10.7 Å². The molecule has 1 aromatic rings. The molecule has 0 saturated carbocycles. The third-order valence-corrected chi connectivity index (χ3v) is 2.56. The highest BCUT2D eigenvalue weighted by molar-refractivity contribution is 8.13. The van der Waals surface area contributed by atoms with Gasteiger partial charge in [0.05, 0.1) is 12.9 Å². The van der Waals surface area contributed by atoms with Gasteiger partial charge in [-0.1, -0.05) is 0 Å². The molecule has 0 saturated heterocycles. The van der Waals surface area contributed by atoms with Crippen LogP contribution in [0.4, 0.5) is 4.39 Å². The molecular formula is C8H8ClFO3S. The van der Waals surface area contributed by atoms with E-state index in [4.69, 9.17) is 15.4 Å². The van der Waals surface area contributed by atoms with Crippen LogP contribution in [-0.2, 0) is 14.8 Å². The Morgan fingerprint density at radius 2 is 2.14 bits per heavy atom. The van der Waals surface area contributed by atoms with E-state index < -0.39 is 20.6 Å². The van der Waals surface area contributed by atoms with Crippen molar-refractivity contribution in [3.8, 4) is 5.75 Å². The van der Waals surface area contributed by atoms with E-state index in [1.54, 1.807) is 0 Å². The zero-order valence-corrected chi connectivity index (χ0v) is 8.90. The molecule has 0 atom stereocenters. The third-order valence-electron chi connectivity index (χ3n) is 1.58. The number of rotatable bonds is 3. The average Bonchev–Trinajstić information content (AvgIpc) is 2.06. The minimum atomic E-state index is -3.75. The van der Waals surface area contributed by atoms with Crippen LogP contribution in [0.2, 0.25) is 0 Å². The lowest BCUT2D eigenvalue weighted by Crippen LogP contribution is -1.98. The van der Waals surface area contributed by atoms with E-state index in [2.05, 4.69) is 0 Å². The first-order valence-electron chi connectivity index (χ1n) is 3.67. The highest BCUT2D eigenvalue weighted by atomic mass is 35.7. The molecule has 14 heavy (non-hydrogen) atoms. The molecule has 0 spiro atoms. The quantitative estimate of drug-likeness (QED) is 0.756. The van der Waals surface area contributed by atoms with Gasteiger partial charge in [0.1, 0.15) is 11.6 Å². The van der Waals surface area contributed by atoms with Crippen molar-refractivity contribution >= 4 is 19.7 Å². The summed E-state index contributed by atoms with van der Waals surface area (Å²) >= 11 is 0. The van der Waals surface area contributed by atoms with Gasteiger partial charge in [0, 0.05) is 16.2 Å². The summed E-state index contributed by atoms with van der Waals surface area (Å²) in [5.41, 5.74) is -0.000602. The first kappa shape index (κ1) is 11.3. The van der Waals surface area contributed by atoms with Crippen molar-refractivity contribution in [3.63, 3.8) is 0 Å². The molecule has 1 rings (SSSR count). The summed E-state index contributed by atoms with van der Waals surface area (Å²) in [6.07, 6.45) is 0. The van der Waals surface area contributed by atoms with E-state index >= 15 is 0 Å². The van der Waals surface area contributed by atoms with Gasteiger partial charge in [-0.2, -0.15) is 0 Å². The van der Waals surface area contributed by atoms with Crippen LogP contribution < -0.4 is 4.74 Å². The maximum absolute atomic E-state index is 13.1. The van der Waals surface area contributed by atoms with Gasteiger partial charge < -0.3 is 4.74 Å². The standard InChI is InChI=1S/C8H8ClFO3S/c1-13-7-2-3-8(10)6(4-7)5-14(9,11)12/h2-4H,5H2,1H3. The Hall–Kier alpha value is -0.810. The molecule has 6 heteroatoms. The fourth-order valence-electron chi connectivity index (χ4n) is 0.974. The number of benzene rings is 1. The normalized spacial score (nSPS) is 11.4. The molecule has 1 aromatic carbocycles. The Balaban J connectivity index is 3.07. The number of halogens is 2. The first-order valence-corrected chi connectivity index (χ1v) is 6.15. The molecule has 0 aliphatic heterocycles. The summed E-state index contributed by atoms with van der Waals surface area (Å²) in [5.74, 6) is -0.769. The lowest BCUT2D eigenvalue weighted by atomic mass is 10.2. The van der Waals surface area contributed by atoms with Gasteiger partial charge in [0.15, 0.2) is 0 Å². The van der Waals surface area contributed by atoms with Gasteiger partial charge in [0.2, 0.25) is 9.05 Å². The van der Waals surface area contributed by atoms with Gasteiger partial charge in [-0.3, -0.25) is 0 Å². The van der Waals surface area contributed by atoms with Crippen LogP contribution in [0.5, 0.6) is 5.75 Å². The van der Waals surface area contributed by atoms with Crippen LogP contribution in [-0.4, -0.2) is 15.5 Å². The van der Waals surface area contributed by atoms with Crippen molar-refractivity contribution in [1.82, 2.24) is 0 Å². The third kappa shape index (κ3) is 3.16. The van der Waals surface area contributed by atoms with E-state index in [1.807, 2.05) is 0 Å². The molecule has 0 bridgehead atoms. The molecule has 3 nitrogen and oxygen atoms in total. The maximum Gasteiger partial charge on any atom is 0.236 e. The average molecular weight is 239 g/mol. The van der Waals surface area contributed by atoms with Crippen molar-refractivity contribution in [2.24, 2.45) is 0 Å². The topological polar surface area (TPSA) is 43.4 Å². The lowest BCUT2D eigenvalue weighted by molar-refractivity contribution is 0.413. The zero-order chi connectivity index (χ0) is 10.8. The summed E-state index contributed by atoms with van der Waals surface area (Å²) in [6, 6.07) is 3.84. The van der Waals surface area contributed by atoms with Crippen LogP contribution in [0.15, 0.2) is 18.2 Å². The van der Waals surface area contributed by atoms with E-state index in [9.17, 15) is 12.8 Å². The molecule has 0 radical (unpaired) electrons. The SMILES string of the molecule is COc1ccc(F)c(CS(=O)(=O)Cl)c1. The van der Waals surface area contributed by atoms with Gasteiger partial charge in [-0.15, -0.1) is 0 Å². The summed E-state index contributed by atoms with van der Waals surface area (Å²) in [5, 5.41) is 0. The molecule has 0 fully saturated rings. The summed E-state index contributed by atoms with van der Waals surface area (Å²) in [4.78, 5) is 0. The number of ether oxygens (including phenoxy) is 1. The van der Waals surface area contributed by atoms with Crippen molar-refractivity contribution in [2.45, 2.75) is 5.75 Å². The second-order valence-corrected chi connectivity index (χ2v) is 5.42. The summed E-state index contributed by atoms with van der Waals surface area (Å²) in [7, 11) is 2.66. The van der Waals surface area contributed by atoms with Gasteiger partial charge >= 0.3 is 0 Å². The van der Waals surface area contributed by atoms with Crippen molar-refractivity contribution in [1.29, 1.82) is 0 Å².